The number of aromatic hydroxyl groups is 1. The van der Waals surface area contributed by atoms with Crippen LogP contribution in [0.25, 0.3) is 0 Å². The van der Waals surface area contributed by atoms with E-state index in [2.05, 4.69) is 55.6 Å². The van der Waals surface area contributed by atoms with Gasteiger partial charge in [-0.15, -0.1) is 0 Å². The van der Waals surface area contributed by atoms with Gasteiger partial charge in [0, 0.05) is 5.41 Å². The largest absolute Gasteiger partial charge is 0.506 e. The van der Waals surface area contributed by atoms with Crippen LogP contribution in [0.5, 0.6) is 11.5 Å². The average Bonchev–Trinajstić information content (AvgIpc) is 3.29. The van der Waals surface area contributed by atoms with Crippen LogP contribution in [0.4, 0.5) is 5.69 Å². The van der Waals surface area contributed by atoms with Crippen LogP contribution in [0, 0.1) is 0 Å². The zero-order valence-corrected chi connectivity index (χ0v) is 18.0. The summed E-state index contributed by atoms with van der Waals surface area (Å²) in [5.41, 5.74) is 2.65. The first-order valence-corrected chi connectivity index (χ1v) is 10.4. The maximum absolute atomic E-state index is 12.3. The van der Waals surface area contributed by atoms with E-state index in [-0.39, 0.29) is 23.5 Å². The SMILES string of the molecule is CC(C)(c1ccccc1)c1ccc(OCc2ccc(C(=O)Nc3ccccc3O)o2)cc1. The molecule has 3 aromatic carbocycles. The second-order valence-electron chi connectivity index (χ2n) is 8.04. The normalized spacial score (nSPS) is 11.2. The first-order valence-electron chi connectivity index (χ1n) is 10.4. The van der Waals surface area contributed by atoms with Gasteiger partial charge >= 0.3 is 0 Å². The zero-order chi connectivity index (χ0) is 22.6. The van der Waals surface area contributed by atoms with Crippen LogP contribution in [0.15, 0.2) is 95.4 Å². The van der Waals surface area contributed by atoms with Crippen molar-refractivity contribution in [2.75, 3.05) is 5.32 Å². The second kappa shape index (κ2) is 9.02. The van der Waals surface area contributed by atoms with Crippen molar-refractivity contribution in [1.82, 2.24) is 0 Å². The number of rotatable bonds is 7. The van der Waals surface area contributed by atoms with E-state index >= 15 is 0 Å². The molecule has 0 aliphatic carbocycles. The van der Waals surface area contributed by atoms with Crippen molar-refractivity contribution in [3.63, 3.8) is 0 Å². The third kappa shape index (κ3) is 4.67. The lowest BCUT2D eigenvalue weighted by molar-refractivity contribution is 0.0992. The minimum atomic E-state index is -0.440. The number of carbonyl (C=O) groups excluding carboxylic acids is 1. The molecule has 0 fully saturated rings. The molecule has 0 spiro atoms. The second-order valence-corrected chi connectivity index (χ2v) is 8.04. The number of nitrogens with one attached hydrogen (secondary N) is 1. The lowest BCUT2D eigenvalue weighted by atomic mass is 9.78. The number of phenolic OH excluding ortho intramolecular Hbond substituents is 1. The van der Waals surface area contributed by atoms with Crippen LogP contribution in [0.3, 0.4) is 0 Å². The van der Waals surface area contributed by atoms with Gasteiger partial charge in [0.05, 0.1) is 5.69 Å². The molecule has 0 unspecified atom stereocenters. The van der Waals surface area contributed by atoms with Gasteiger partial charge in [0.25, 0.3) is 5.91 Å². The highest BCUT2D eigenvalue weighted by atomic mass is 16.5. The van der Waals surface area contributed by atoms with Crippen molar-refractivity contribution >= 4 is 11.6 Å². The summed E-state index contributed by atoms with van der Waals surface area (Å²) in [5.74, 6) is 0.947. The highest BCUT2D eigenvalue weighted by Crippen LogP contribution is 2.32. The summed E-state index contributed by atoms with van der Waals surface area (Å²) in [6, 6.07) is 28.2. The fourth-order valence-electron chi connectivity index (χ4n) is 3.48. The molecule has 0 atom stereocenters. The van der Waals surface area contributed by atoms with Crippen molar-refractivity contribution < 1.29 is 19.1 Å². The standard InChI is InChI=1S/C27H25NO4/c1-27(2,19-8-4-3-5-9-19)20-12-14-21(15-13-20)31-18-22-16-17-25(32-22)26(30)28-23-10-6-7-11-24(23)29/h3-17,29H,18H2,1-2H3,(H,28,30). The number of hydrogen-bond donors (Lipinski definition) is 2. The molecular formula is C27H25NO4. The predicted molar refractivity (Wildman–Crippen MR) is 124 cm³/mol. The molecule has 4 rings (SSSR count). The number of benzene rings is 3. The number of phenols is 1. The molecular weight excluding hydrogens is 402 g/mol. The van der Waals surface area contributed by atoms with Crippen LogP contribution in [0.1, 0.15) is 41.3 Å². The smallest absolute Gasteiger partial charge is 0.291 e. The maximum atomic E-state index is 12.3. The van der Waals surface area contributed by atoms with Crippen LogP contribution < -0.4 is 10.1 Å². The molecule has 162 valence electrons. The Morgan fingerprint density at radius 2 is 1.53 bits per heavy atom. The molecule has 0 saturated heterocycles. The third-order valence-corrected chi connectivity index (χ3v) is 5.49. The van der Waals surface area contributed by atoms with E-state index < -0.39 is 5.91 Å². The van der Waals surface area contributed by atoms with Crippen LogP contribution in [-0.4, -0.2) is 11.0 Å². The van der Waals surface area contributed by atoms with Gasteiger partial charge in [0.1, 0.15) is 23.9 Å². The third-order valence-electron chi connectivity index (χ3n) is 5.49. The average molecular weight is 428 g/mol. The maximum Gasteiger partial charge on any atom is 0.291 e. The number of hydrogen-bond acceptors (Lipinski definition) is 4. The Morgan fingerprint density at radius 1 is 0.875 bits per heavy atom. The number of para-hydroxylation sites is 2. The molecule has 1 amide bonds. The molecule has 0 aliphatic heterocycles. The van der Waals surface area contributed by atoms with E-state index in [0.717, 1.165) is 0 Å². The Morgan fingerprint density at radius 3 is 2.25 bits per heavy atom. The Bertz CT molecular complexity index is 1190. The van der Waals surface area contributed by atoms with Crippen molar-refractivity contribution in [3.05, 3.63) is 114 Å². The van der Waals surface area contributed by atoms with E-state index in [1.807, 2.05) is 18.2 Å². The van der Waals surface area contributed by atoms with E-state index in [9.17, 15) is 9.90 Å². The van der Waals surface area contributed by atoms with Gasteiger partial charge in [-0.05, 0) is 47.5 Å². The summed E-state index contributed by atoms with van der Waals surface area (Å²) >= 11 is 0. The van der Waals surface area contributed by atoms with Gasteiger partial charge in [-0.25, -0.2) is 0 Å². The Hall–Kier alpha value is -3.99. The molecule has 5 nitrogen and oxygen atoms in total. The minimum absolute atomic E-state index is 0.00477. The van der Waals surface area contributed by atoms with Crippen LogP contribution in [-0.2, 0) is 12.0 Å². The quantitative estimate of drug-likeness (QED) is 0.347. The zero-order valence-electron chi connectivity index (χ0n) is 18.0. The minimum Gasteiger partial charge on any atom is -0.506 e. The topological polar surface area (TPSA) is 71.7 Å². The number of anilines is 1. The van der Waals surface area contributed by atoms with Gasteiger partial charge in [-0.1, -0.05) is 68.4 Å². The summed E-state index contributed by atoms with van der Waals surface area (Å²) < 4.78 is 11.4. The summed E-state index contributed by atoms with van der Waals surface area (Å²) in [4.78, 5) is 12.3. The van der Waals surface area contributed by atoms with E-state index in [0.29, 0.717) is 17.2 Å². The lowest BCUT2D eigenvalue weighted by Crippen LogP contribution is -2.18. The number of ether oxygens (including phenoxy) is 1. The molecule has 1 aromatic heterocycles. The van der Waals surface area contributed by atoms with Crippen molar-refractivity contribution in [3.8, 4) is 11.5 Å². The molecule has 5 heteroatoms. The Balaban J connectivity index is 1.37. The molecule has 0 saturated carbocycles. The fourth-order valence-corrected chi connectivity index (χ4v) is 3.48. The Kier molecular flexibility index (Phi) is 5.99. The highest BCUT2D eigenvalue weighted by molar-refractivity contribution is 6.03. The van der Waals surface area contributed by atoms with Crippen LogP contribution in [0.2, 0.25) is 0 Å². The Labute approximate surface area is 187 Å². The van der Waals surface area contributed by atoms with Gasteiger partial charge in [0.15, 0.2) is 5.76 Å². The first kappa shape index (κ1) is 21.2. The molecule has 0 bridgehead atoms. The number of carbonyl (C=O) groups is 1. The predicted octanol–water partition coefficient (Wildman–Crippen LogP) is 6.14. The molecule has 0 radical (unpaired) electrons. The van der Waals surface area contributed by atoms with Crippen molar-refractivity contribution in [1.29, 1.82) is 0 Å². The van der Waals surface area contributed by atoms with Crippen molar-refractivity contribution in [2.24, 2.45) is 0 Å². The molecule has 4 aromatic rings. The summed E-state index contributed by atoms with van der Waals surface area (Å²) in [6.45, 7) is 4.59. The van der Waals surface area contributed by atoms with Gasteiger partial charge in [-0.2, -0.15) is 0 Å². The lowest BCUT2D eigenvalue weighted by Gasteiger charge is -2.26. The molecule has 32 heavy (non-hydrogen) atoms. The van der Waals surface area contributed by atoms with E-state index in [4.69, 9.17) is 9.15 Å². The molecule has 0 aliphatic rings. The van der Waals surface area contributed by atoms with E-state index in [1.54, 1.807) is 30.3 Å². The van der Waals surface area contributed by atoms with Gasteiger partial charge in [0.2, 0.25) is 0 Å². The molecule has 1 heterocycles. The molecule has 2 N–H and O–H groups in total. The van der Waals surface area contributed by atoms with E-state index in [1.165, 1.54) is 17.2 Å². The fraction of sp³-hybridized carbons (Fsp3) is 0.148. The highest BCUT2D eigenvalue weighted by Gasteiger charge is 2.22. The van der Waals surface area contributed by atoms with Gasteiger partial charge < -0.3 is 19.6 Å². The van der Waals surface area contributed by atoms with Crippen LogP contribution >= 0.6 is 0 Å². The monoisotopic (exact) mass is 427 g/mol. The summed E-state index contributed by atoms with van der Waals surface area (Å²) in [5, 5.41) is 12.4. The van der Waals surface area contributed by atoms with Crippen molar-refractivity contribution in [2.45, 2.75) is 25.9 Å². The van der Waals surface area contributed by atoms with Gasteiger partial charge in [-0.3, -0.25) is 4.79 Å². The summed E-state index contributed by atoms with van der Waals surface area (Å²) in [6.07, 6.45) is 0. The number of amides is 1. The summed E-state index contributed by atoms with van der Waals surface area (Å²) in [7, 11) is 0. The first-order chi connectivity index (χ1) is 15.4. The number of furan rings is 1.